The molecule has 0 aliphatic heterocycles. The van der Waals surface area contributed by atoms with Crippen LogP contribution in [0.3, 0.4) is 0 Å². The first-order valence-corrected chi connectivity index (χ1v) is 17.5. The van der Waals surface area contributed by atoms with Crippen LogP contribution in [0.5, 0.6) is 11.5 Å². The quantitative estimate of drug-likeness (QED) is 0.148. The molecular formula is C36H39Cl2N3O6S. The molecular weight excluding hydrogens is 673 g/mol. The molecule has 4 rings (SSSR count). The van der Waals surface area contributed by atoms with Gasteiger partial charge in [-0.1, -0.05) is 84.2 Å². The SMILES string of the molecule is CCCNC(=O)[C@H](Cc1ccccc1)N(Cc1c(Cl)cccc1Cl)C(=O)CN(c1ccc(OC)c(OC)c1)S(=O)(=O)c1ccc(C)cc1. The Morgan fingerprint density at radius 3 is 2.10 bits per heavy atom. The summed E-state index contributed by atoms with van der Waals surface area (Å²) < 4.78 is 40.5. The van der Waals surface area contributed by atoms with Gasteiger partial charge in [-0.05, 0) is 55.3 Å². The van der Waals surface area contributed by atoms with Crippen LogP contribution in [0.15, 0.2) is 95.9 Å². The van der Waals surface area contributed by atoms with Gasteiger partial charge in [0.2, 0.25) is 11.8 Å². The van der Waals surface area contributed by atoms with Crippen molar-refractivity contribution in [3.63, 3.8) is 0 Å². The topological polar surface area (TPSA) is 105 Å². The molecule has 0 heterocycles. The van der Waals surface area contributed by atoms with E-state index in [4.69, 9.17) is 32.7 Å². The van der Waals surface area contributed by atoms with Gasteiger partial charge in [-0.25, -0.2) is 8.42 Å². The van der Waals surface area contributed by atoms with E-state index in [9.17, 15) is 18.0 Å². The number of carbonyl (C=O) groups is 2. The maximum atomic E-state index is 14.7. The number of benzene rings is 4. The van der Waals surface area contributed by atoms with Crippen LogP contribution in [0.2, 0.25) is 10.0 Å². The maximum Gasteiger partial charge on any atom is 0.264 e. The van der Waals surface area contributed by atoms with Crippen molar-refractivity contribution in [1.29, 1.82) is 0 Å². The third-order valence-corrected chi connectivity index (χ3v) is 10.2. The number of sulfonamides is 1. The number of hydrogen-bond acceptors (Lipinski definition) is 6. The molecule has 0 bridgehead atoms. The lowest BCUT2D eigenvalue weighted by atomic mass is 10.0. The second kappa shape index (κ2) is 16.7. The van der Waals surface area contributed by atoms with Gasteiger partial charge in [0, 0.05) is 41.2 Å². The molecule has 0 aliphatic carbocycles. The van der Waals surface area contributed by atoms with Gasteiger partial charge in [-0.3, -0.25) is 13.9 Å². The summed E-state index contributed by atoms with van der Waals surface area (Å²) in [6, 6.07) is 24.1. The first-order chi connectivity index (χ1) is 23.0. The minimum Gasteiger partial charge on any atom is -0.493 e. The van der Waals surface area contributed by atoms with E-state index in [0.29, 0.717) is 34.3 Å². The van der Waals surface area contributed by atoms with Crippen molar-refractivity contribution in [2.24, 2.45) is 0 Å². The summed E-state index contributed by atoms with van der Waals surface area (Å²) in [6.45, 7) is 3.35. The number of carbonyl (C=O) groups excluding carboxylic acids is 2. The fourth-order valence-corrected chi connectivity index (χ4v) is 7.04. The van der Waals surface area contributed by atoms with Gasteiger partial charge < -0.3 is 19.7 Å². The Morgan fingerprint density at radius 1 is 0.854 bits per heavy atom. The van der Waals surface area contributed by atoms with E-state index < -0.39 is 34.4 Å². The average Bonchev–Trinajstić information content (AvgIpc) is 3.08. The Hall–Kier alpha value is -4.25. The van der Waals surface area contributed by atoms with E-state index in [0.717, 1.165) is 15.4 Å². The highest BCUT2D eigenvalue weighted by Crippen LogP contribution is 2.34. The molecule has 0 fully saturated rings. The number of nitrogens with zero attached hydrogens (tertiary/aromatic N) is 2. The fraction of sp³-hybridized carbons (Fsp3) is 0.278. The summed E-state index contributed by atoms with van der Waals surface area (Å²) >= 11 is 13.2. The number of methoxy groups -OCH3 is 2. The lowest BCUT2D eigenvalue weighted by Gasteiger charge is -2.34. The van der Waals surface area contributed by atoms with Gasteiger partial charge >= 0.3 is 0 Å². The van der Waals surface area contributed by atoms with Crippen LogP contribution in [-0.4, -0.2) is 58.5 Å². The van der Waals surface area contributed by atoms with Crippen LogP contribution < -0.4 is 19.1 Å². The second-order valence-electron chi connectivity index (χ2n) is 11.1. The Labute approximate surface area is 292 Å². The van der Waals surface area contributed by atoms with Crippen molar-refractivity contribution in [3.8, 4) is 11.5 Å². The van der Waals surface area contributed by atoms with E-state index in [1.54, 1.807) is 36.4 Å². The summed E-state index contributed by atoms with van der Waals surface area (Å²) in [7, 11) is -1.41. The number of nitrogens with one attached hydrogen (secondary N) is 1. The Bertz CT molecular complexity index is 1800. The van der Waals surface area contributed by atoms with Crippen LogP contribution in [0.1, 0.15) is 30.0 Å². The minimum absolute atomic E-state index is 0.0158. The molecule has 254 valence electrons. The molecule has 4 aromatic rings. The molecule has 0 aromatic heterocycles. The van der Waals surface area contributed by atoms with Crippen LogP contribution >= 0.6 is 23.2 Å². The van der Waals surface area contributed by atoms with Gasteiger partial charge in [0.05, 0.1) is 24.8 Å². The highest BCUT2D eigenvalue weighted by Gasteiger charge is 2.35. The summed E-state index contributed by atoms with van der Waals surface area (Å²) in [6.07, 6.45) is 0.835. The number of halogens is 2. The molecule has 1 N–H and O–H groups in total. The van der Waals surface area contributed by atoms with Crippen molar-refractivity contribution >= 4 is 50.7 Å². The van der Waals surface area contributed by atoms with E-state index in [1.807, 2.05) is 44.2 Å². The Kier molecular flexibility index (Phi) is 12.7. The number of anilines is 1. The molecule has 12 heteroatoms. The number of amides is 2. The molecule has 48 heavy (non-hydrogen) atoms. The molecule has 0 unspecified atom stereocenters. The summed E-state index contributed by atoms with van der Waals surface area (Å²) in [5, 5.41) is 3.52. The number of aryl methyl sites for hydroxylation is 1. The number of hydrogen-bond donors (Lipinski definition) is 1. The molecule has 2 amide bonds. The van der Waals surface area contributed by atoms with E-state index >= 15 is 0 Å². The van der Waals surface area contributed by atoms with Crippen LogP contribution in [0, 0.1) is 6.92 Å². The van der Waals surface area contributed by atoms with Crippen molar-refractivity contribution in [2.45, 2.75) is 44.2 Å². The fourth-order valence-electron chi connectivity index (χ4n) is 5.12. The van der Waals surface area contributed by atoms with Gasteiger partial charge in [0.15, 0.2) is 11.5 Å². The second-order valence-corrected chi connectivity index (χ2v) is 13.8. The standard InChI is InChI=1S/C36H39Cl2N3O6S/c1-5-20-39-36(43)32(21-26-10-7-6-8-11-26)40(23-29-30(37)12-9-13-31(29)38)35(42)24-41(27-16-19-33(46-3)34(22-27)47-4)48(44,45)28-17-14-25(2)15-18-28/h6-19,22,32H,5,20-21,23-24H2,1-4H3,(H,39,43)/t32-/m0/s1. The van der Waals surface area contributed by atoms with Crippen LogP contribution in [0.4, 0.5) is 5.69 Å². The van der Waals surface area contributed by atoms with Crippen LogP contribution in [0.25, 0.3) is 0 Å². The Balaban J connectivity index is 1.87. The predicted octanol–water partition coefficient (Wildman–Crippen LogP) is 6.68. The molecule has 0 saturated heterocycles. The molecule has 4 aromatic carbocycles. The molecule has 0 radical (unpaired) electrons. The zero-order chi connectivity index (χ0) is 34.8. The third-order valence-electron chi connectivity index (χ3n) is 7.75. The normalized spacial score (nSPS) is 11.8. The highest BCUT2D eigenvalue weighted by molar-refractivity contribution is 7.92. The van der Waals surface area contributed by atoms with Crippen molar-refractivity contribution < 1.29 is 27.5 Å². The third kappa shape index (κ3) is 8.80. The lowest BCUT2D eigenvalue weighted by Crippen LogP contribution is -2.53. The maximum absolute atomic E-state index is 14.7. The van der Waals surface area contributed by atoms with Gasteiger partial charge in [-0.15, -0.1) is 0 Å². The van der Waals surface area contributed by atoms with Gasteiger partial charge in [0.25, 0.3) is 10.0 Å². The van der Waals surface area contributed by atoms with Crippen molar-refractivity contribution in [2.75, 3.05) is 31.6 Å². The minimum atomic E-state index is -4.32. The molecule has 0 aliphatic rings. The number of ether oxygens (including phenoxy) is 2. The van der Waals surface area contributed by atoms with Gasteiger partial charge in [-0.2, -0.15) is 0 Å². The summed E-state index contributed by atoms with van der Waals surface area (Å²) in [4.78, 5) is 29.8. The smallest absolute Gasteiger partial charge is 0.264 e. The average molecular weight is 713 g/mol. The van der Waals surface area contributed by atoms with E-state index in [2.05, 4.69) is 5.32 Å². The predicted molar refractivity (Wildman–Crippen MR) is 190 cm³/mol. The number of rotatable bonds is 15. The first-order valence-electron chi connectivity index (χ1n) is 15.4. The molecule has 9 nitrogen and oxygen atoms in total. The summed E-state index contributed by atoms with van der Waals surface area (Å²) in [5.41, 5.74) is 2.26. The van der Waals surface area contributed by atoms with Gasteiger partial charge in [0.1, 0.15) is 12.6 Å². The zero-order valence-electron chi connectivity index (χ0n) is 27.3. The Morgan fingerprint density at radius 2 is 1.50 bits per heavy atom. The molecule has 1 atom stereocenters. The zero-order valence-corrected chi connectivity index (χ0v) is 29.6. The van der Waals surface area contributed by atoms with Crippen molar-refractivity contribution in [3.05, 3.63) is 118 Å². The lowest BCUT2D eigenvalue weighted by molar-refractivity contribution is -0.140. The molecule has 0 saturated carbocycles. The van der Waals surface area contributed by atoms with E-state index in [1.165, 1.54) is 43.4 Å². The van der Waals surface area contributed by atoms with E-state index in [-0.39, 0.29) is 29.3 Å². The largest absolute Gasteiger partial charge is 0.493 e. The summed E-state index contributed by atoms with van der Waals surface area (Å²) in [5.74, 6) is -0.391. The highest BCUT2D eigenvalue weighted by atomic mass is 35.5. The van der Waals surface area contributed by atoms with Crippen molar-refractivity contribution in [1.82, 2.24) is 10.2 Å². The monoisotopic (exact) mass is 711 g/mol. The first kappa shape index (κ1) is 36.6. The van der Waals surface area contributed by atoms with Crippen LogP contribution in [-0.2, 0) is 32.6 Å². The molecule has 0 spiro atoms.